The Bertz CT molecular complexity index is 804. The Labute approximate surface area is 155 Å². The smallest absolute Gasteiger partial charge is 0.253 e. The number of carbonyl (C=O) groups is 1. The molecule has 1 aromatic carbocycles. The molecule has 2 heterocycles. The van der Waals surface area contributed by atoms with Crippen LogP contribution in [0.1, 0.15) is 36.5 Å². The second kappa shape index (κ2) is 7.90. The molecule has 1 aromatic rings. The van der Waals surface area contributed by atoms with Crippen LogP contribution < -0.4 is 0 Å². The van der Waals surface area contributed by atoms with Crippen LogP contribution in [0.2, 0.25) is 0 Å². The Morgan fingerprint density at radius 1 is 1.27 bits per heavy atom. The summed E-state index contributed by atoms with van der Waals surface area (Å²) >= 11 is 0. The van der Waals surface area contributed by atoms with E-state index in [4.69, 9.17) is 4.74 Å². The molecule has 2 aliphatic heterocycles. The predicted octanol–water partition coefficient (Wildman–Crippen LogP) is 2.28. The van der Waals surface area contributed by atoms with Crippen LogP contribution >= 0.6 is 0 Å². The van der Waals surface area contributed by atoms with Gasteiger partial charge in [0, 0.05) is 38.9 Å². The zero-order chi connectivity index (χ0) is 18.7. The van der Waals surface area contributed by atoms with E-state index in [0.717, 1.165) is 19.3 Å². The van der Waals surface area contributed by atoms with Crippen molar-refractivity contribution in [3.8, 4) is 0 Å². The van der Waals surface area contributed by atoms with E-state index in [-0.39, 0.29) is 16.9 Å². The summed E-state index contributed by atoms with van der Waals surface area (Å²) in [6.45, 7) is 4.09. The van der Waals surface area contributed by atoms with E-state index in [1.807, 2.05) is 13.0 Å². The van der Waals surface area contributed by atoms with Crippen molar-refractivity contribution in [2.24, 2.45) is 0 Å². The summed E-state index contributed by atoms with van der Waals surface area (Å²) in [5, 5.41) is 0. The first kappa shape index (κ1) is 19.1. The predicted molar refractivity (Wildman–Crippen MR) is 99.5 cm³/mol. The molecule has 0 saturated carbocycles. The molecule has 26 heavy (non-hydrogen) atoms. The first-order valence-electron chi connectivity index (χ1n) is 8.99. The molecule has 7 heteroatoms. The van der Waals surface area contributed by atoms with Gasteiger partial charge >= 0.3 is 0 Å². The van der Waals surface area contributed by atoms with Crippen molar-refractivity contribution in [2.45, 2.75) is 37.2 Å². The lowest BCUT2D eigenvalue weighted by molar-refractivity contribution is 0.0269. The van der Waals surface area contributed by atoms with Crippen molar-refractivity contribution in [1.29, 1.82) is 0 Å². The van der Waals surface area contributed by atoms with Crippen LogP contribution in [0.15, 0.2) is 40.8 Å². The summed E-state index contributed by atoms with van der Waals surface area (Å²) in [7, 11) is -1.94. The molecular formula is C19H26N2O4S. The molecule has 1 amide bonds. The van der Waals surface area contributed by atoms with Gasteiger partial charge in [-0.1, -0.05) is 17.7 Å². The number of hydrogen-bond acceptors (Lipinski definition) is 4. The highest BCUT2D eigenvalue weighted by Gasteiger charge is 2.28. The van der Waals surface area contributed by atoms with Gasteiger partial charge in [0.05, 0.1) is 11.0 Å². The van der Waals surface area contributed by atoms with Gasteiger partial charge in [-0.05, 0) is 44.4 Å². The molecule has 0 aliphatic carbocycles. The number of hydrogen-bond donors (Lipinski definition) is 0. The van der Waals surface area contributed by atoms with Gasteiger partial charge in [-0.2, -0.15) is 4.31 Å². The monoisotopic (exact) mass is 378 g/mol. The quantitative estimate of drug-likeness (QED) is 0.754. The number of carbonyl (C=O) groups excluding carboxylic acids is 1. The van der Waals surface area contributed by atoms with Crippen LogP contribution in [0, 0.1) is 0 Å². The number of benzene rings is 1. The molecule has 1 saturated heterocycles. The van der Waals surface area contributed by atoms with E-state index in [1.165, 1.54) is 15.9 Å². The second-order valence-corrected chi connectivity index (χ2v) is 8.88. The summed E-state index contributed by atoms with van der Waals surface area (Å²) in [5.74, 6) is -0.141. The fourth-order valence-electron chi connectivity index (χ4n) is 3.41. The maximum atomic E-state index is 12.9. The Balaban J connectivity index is 1.80. The summed E-state index contributed by atoms with van der Waals surface area (Å²) in [6, 6.07) is 6.38. The SMILES string of the molecule is CO[C@H]1CCCN(C(=O)c2cccc(S(=O)(=O)N3CC=C(C)CC3)c2)C1. The molecule has 0 unspecified atom stereocenters. The number of likely N-dealkylation sites (tertiary alicyclic amines) is 1. The lowest BCUT2D eigenvalue weighted by Gasteiger charge is -2.32. The molecule has 0 radical (unpaired) electrons. The minimum Gasteiger partial charge on any atom is -0.380 e. The number of sulfonamides is 1. The van der Waals surface area contributed by atoms with Gasteiger partial charge in [0.15, 0.2) is 0 Å². The third-order valence-electron chi connectivity index (χ3n) is 5.12. The number of rotatable bonds is 4. The molecule has 6 nitrogen and oxygen atoms in total. The molecule has 2 aliphatic rings. The number of piperidine rings is 1. The van der Waals surface area contributed by atoms with Crippen molar-refractivity contribution >= 4 is 15.9 Å². The third kappa shape index (κ3) is 4.00. The number of amides is 1. The van der Waals surface area contributed by atoms with Crippen molar-refractivity contribution < 1.29 is 17.9 Å². The molecular weight excluding hydrogens is 352 g/mol. The first-order valence-corrected chi connectivity index (χ1v) is 10.4. The Hall–Kier alpha value is -1.70. The van der Waals surface area contributed by atoms with Crippen molar-refractivity contribution in [3.05, 3.63) is 41.5 Å². The third-order valence-corrected chi connectivity index (χ3v) is 6.98. The summed E-state index contributed by atoms with van der Waals surface area (Å²) in [4.78, 5) is 14.7. The molecule has 142 valence electrons. The van der Waals surface area contributed by atoms with Crippen LogP contribution in [0.25, 0.3) is 0 Å². The van der Waals surface area contributed by atoms with E-state index in [1.54, 1.807) is 30.2 Å². The number of nitrogens with zero attached hydrogens (tertiary/aromatic N) is 2. The van der Waals surface area contributed by atoms with Gasteiger partial charge in [-0.15, -0.1) is 0 Å². The van der Waals surface area contributed by atoms with E-state index < -0.39 is 10.0 Å². The van der Waals surface area contributed by atoms with Crippen LogP contribution in [-0.2, 0) is 14.8 Å². The molecule has 3 rings (SSSR count). The molecule has 1 fully saturated rings. The maximum Gasteiger partial charge on any atom is 0.253 e. The van der Waals surface area contributed by atoms with Crippen LogP contribution in [0.5, 0.6) is 0 Å². The van der Waals surface area contributed by atoms with Crippen LogP contribution in [0.3, 0.4) is 0 Å². The standard InChI is InChI=1S/C19H26N2O4S/c1-15-8-11-21(12-9-15)26(23,24)18-7-3-5-16(13-18)19(22)20-10-4-6-17(14-20)25-2/h3,5,7-8,13,17H,4,6,9-12,14H2,1-2H3/t17-/m0/s1. The lowest BCUT2D eigenvalue weighted by Crippen LogP contribution is -2.43. The van der Waals surface area contributed by atoms with Gasteiger partial charge in [0.2, 0.25) is 10.0 Å². The molecule has 0 N–H and O–H groups in total. The summed E-state index contributed by atoms with van der Waals surface area (Å²) in [6.07, 6.45) is 4.56. The number of methoxy groups -OCH3 is 1. The average molecular weight is 378 g/mol. The molecule has 0 spiro atoms. The highest BCUT2D eigenvalue weighted by atomic mass is 32.2. The molecule has 1 atom stereocenters. The van der Waals surface area contributed by atoms with Gasteiger partial charge in [0.1, 0.15) is 0 Å². The second-order valence-electron chi connectivity index (χ2n) is 6.94. The average Bonchev–Trinajstić information content (AvgIpc) is 2.68. The largest absolute Gasteiger partial charge is 0.380 e. The van der Waals surface area contributed by atoms with E-state index in [2.05, 4.69) is 0 Å². The summed E-state index contributed by atoms with van der Waals surface area (Å²) < 4.78 is 32.6. The van der Waals surface area contributed by atoms with E-state index >= 15 is 0 Å². The molecule has 0 aromatic heterocycles. The van der Waals surface area contributed by atoms with Gasteiger partial charge in [-0.3, -0.25) is 4.79 Å². The van der Waals surface area contributed by atoms with Gasteiger partial charge < -0.3 is 9.64 Å². The topological polar surface area (TPSA) is 66.9 Å². The van der Waals surface area contributed by atoms with Crippen molar-refractivity contribution in [3.63, 3.8) is 0 Å². The van der Waals surface area contributed by atoms with Gasteiger partial charge in [0.25, 0.3) is 5.91 Å². The van der Waals surface area contributed by atoms with E-state index in [9.17, 15) is 13.2 Å². The van der Waals surface area contributed by atoms with Gasteiger partial charge in [-0.25, -0.2) is 8.42 Å². The Kier molecular flexibility index (Phi) is 5.79. The molecule has 0 bridgehead atoms. The fourth-order valence-corrected chi connectivity index (χ4v) is 4.83. The lowest BCUT2D eigenvalue weighted by atomic mass is 10.1. The zero-order valence-electron chi connectivity index (χ0n) is 15.3. The normalized spacial score (nSPS) is 22.2. The van der Waals surface area contributed by atoms with Crippen LogP contribution in [-0.4, -0.2) is 62.9 Å². The van der Waals surface area contributed by atoms with Crippen LogP contribution in [0.4, 0.5) is 0 Å². The first-order chi connectivity index (χ1) is 12.4. The Morgan fingerprint density at radius 3 is 2.77 bits per heavy atom. The van der Waals surface area contributed by atoms with Crippen molar-refractivity contribution in [2.75, 3.05) is 33.3 Å². The zero-order valence-corrected chi connectivity index (χ0v) is 16.2. The number of ether oxygens (including phenoxy) is 1. The van der Waals surface area contributed by atoms with Crippen molar-refractivity contribution in [1.82, 2.24) is 9.21 Å². The minimum atomic E-state index is -3.59. The highest BCUT2D eigenvalue weighted by molar-refractivity contribution is 7.89. The fraction of sp³-hybridized carbons (Fsp3) is 0.526. The highest BCUT2D eigenvalue weighted by Crippen LogP contribution is 2.22. The van der Waals surface area contributed by atoms with E-state index in [0.29, 0.717) is 31.7 Å². The summed E-state index contributed by atoms with van der Waals surface area (Å²) in [5.41, 5.74) is 1.62. The minimum absolute atomic E-state index is 0.0444. The Morgan fingerprint density at radius 2 is 2.08 bits per heavy atom. The maximum absolute atomic E-state index is 12.9.